The second-order valence-corrected chi connectivity index (χ2v) is 8.31. The number of carbonyl (C=O) groups excluding carboxylic acids is 1. The summed E-state index contributed by atoms with van der Waals surface area (Å²) in [6, 6.07) is 0.624. The van der Waals surface area contributed by atoms with Crippen molar-refractivity contribution >= 4 is 6.03 Å². The Morgan fingerprint density at radius 1 is 1.04 bits per heavy atom. The molecule has 1 aromatic heterocycles. The summed E-state index contributed by atoms with van der Waals surface area (Å²) in [7, 11) is 0. The largest absolute Gasteiger partial charge is 0.336 e. The highest BCUT2D eigenvalue weighted by Gasteiger charge is 2.29. The van der Waals surface area contributed by atoms with Gasteiger partial charge in [0, 0.05) is 44.6 Å². The number of nitrogens with one attached hydrogen (secondary N) is 1. The first-order valence-corrected chi connectivity index (χ1v) is 10.9. The van der Waals surface area contributed by atoms with Gasteiger partial charge in [-0.2, -0.15) is 0 Å². The highest BCUT2D eigenvalue weighted by atomic mass is 16.2. The molecule has 1 atom stereocenters. The minimum absolute atomic E-state index is 0.108. The fourth-order valence-electron chi connectivity index (χ4n) is 5.01. The molecule has 4 rings (SSSR count). The number of nitrogens with zero attached hydrogens (tertiary/aromatic N) is 5. The van der Waals surface area contributed by atoms with E-state index in [9.17, 15) is 4.79 Å². The average molecular weight is 375 g/mol. The van der Waals surface area contributed by atoms with Gasteiger partial charge >= 0.3 is 6.03 Å². The van der Waals surface area contributed by atoms with Crippen LogP contribution in [0.5, 0.6) is 0 Å². The Bertz CT molecular complexity index is 636. The Morgan fingerprint density at radius 3 is 2.70 bits per heavy atom. The highest BCUT2D eigenvalue weighted by molar-refractivity contribution is 5.74. The van der Waals surface area contributed by atoms with E-state index in [4.69, 9.17) is 0 Å². The van der Waals surface area contributed by atoms with Crippen molar-refractivity contribution in [3.05, 3.63) is 11.6 Å². The third kappa shape index (κ3) is 4.13. The van der Waals surface area contributed by atoms with Crippen LogP contribution in [0.1, 0.15) is 69.4 Å². The van der Waals surface area contributed by atoms with Gasteiger partial charge in [0.05, 0.1) is 0 Å². The fraction of sp³-hybridized carbons (Fsp3) is 0.850. The number of aryl methyl sites for hydroxylation is 1. The van der Waals surface area contributed by atoms with E-state index in [1.165, 1.54) is 44.5 Å². The minimum Gasteiger partial charge on any atom is -0.336 e. The van der Waals surface area contributed by atoms with Gasteiger partial charge in [0.15, 0.2) is 0 Å². The van der Waals surface area contributed by atoms with Gasteiger partial charge in [0.2, 0.25) is 0 Å². The quantitative estimate of drug-likeness (QED) is 0.879. The Balaban J connectivity index is 1.28. The standard InChI is InChI=1S/C20H34N6O/c1-2-24-11-6-7-17(24)15-21-20(27)25-13-9-16(10-14-25)19-23-22-18-8-4-3-5-12-26(18)19/h16-17H,2-15H2,1H3,(H,21,27)/t17-/m0/s1. The van der Waals surface area contributed by atoms with Gasteiger partial charge in [0.1, 0.15) is 11.6 Å². The van der Waals surface area contributed by atoms with Gasteiger partial charge in [0.25, 0.3) is 0 Å². The number of piperidine rings is 1. The lowest BCUT2D eigenvalue weighted by Gasteiger charge is -2.32. The first kappa shape index (κ1) is 18.7. The maximum atomic E-state index is 12.6. The molecular formula is C20H34N6O. The zero-order chi connectivity index (χ0) is 18.6. The molecule has 2 amide bonds. The molecule has 1 N–H and O–H groups in total. The van der Waals surface area contributed by atoms with Crippen LogP contribution in [0, 0.1) is 0 Å². The summed E-state index contributed by atoms with van der Waals surface area (Å²) >= 11 is 0. The van der Waals surface area contributed by atoms with Crippen molar-refractivity contribution in [1.29, 1.82) is 0 Å². The summed E-state index contributed by atoms with van der Waals surface area (Å²) in [6.45, 7) is 7.94. The molecule has 27 heavy (non-hydrogen) atoms. The van der Waals surface area contributed by atoms with E-state index in [0.717, 1.165) is 57.8 Å². The fourth-order valence-corrected chi connectivity index (χ4v) is 5.01. The van der Waals surface area contributed by atoms with Crippen LogP contribution in [0.4, 0.5) is 4.79 Å². The van der Waals surface area contributed by atoms with E-state index in [2.05, 4.69) is 31.9 Å². The van der Waals surface area contributed by atoms with Gasteiger partial charge in [-0.05, 0) is 51.6 Å². The Hall–Kier alpha value is -1.63. The van der Waals surface area contributed by atoms with E-state index < -0.39 is 0 Å². The molecule has 3 aliphatic heterocycles. The summed E-state index contributed by atoms with van der Waals surface area (Å²) in [6.07, 6.45) is 9.26. The molecule has 0 saturated carbocycles. The number of likely N-dealkylation sites (N-methyl/N-ethyl adjacent to an activating group) is 1. The first-order chi connectivity index (χ1) is 13.3. The number of carbonyl (C=O) groups is 1. The Kier molecular flexibility index (Phi) is 5.95. The maximum absolute atomic E-state index is 12.6. The van der Waals surface area contributed by atoms with E-state index in [-0.39, 0.29) is 6.03 Å². The van der Waals surface area contributed by atoms with Gasteiger partial charge in [-0.1, -0.05) is 13.3 Å². The van der Waals surface area contributed by atoms with Crippen molar-refractivity contribution in [3.63, 3.8) is 0 Å². The summed E-state index contributed by atoms with van der Waals surface area (Å²) < 4.78 is 2.37. The average Bonchev–Trinajstić information content (AvgIpc) is 3.26. The van der Waals surface area contributed by atoms with Crippen LogP contribution in [-0.2, 0) is 13.0 Å². The summed E-state index contributed by atoms with van der Waals surface area (Å²) in [4.78, 5) is 17.0. The Labute approximate surface area is 162 Å². The van der Waals surface area contributed by atoms with Crippen LogP contribution in [-0.4, -0.2) is 69.4 Å². The summed E-state index contributed by atoms with van der Waals surface area (Å²) in [5, 5.41) is 12.2. The lowest BCUT2D eigenvalue weighted by Crippen LogP contribution is -2.48. The molecule has 0 aromatic carbocycles. The van der Waals surface area contributed by atoms with Crippen molar-refractivity contribution in [1.82, 2.24) is 29.9 Å². The van der Waals surface area contributed by atoms with E-state index in [0.29, 0.717) is 12.0 Å². The van der Waals surface area contributed by atoms with Crippen molar-refractivity contribution in [2.24, 2.45) is 0 Å². The van der Waals surface area contributed by atoms with Crippen LogP contribution in [0.3, 0.4) is 0 Å². The molecular weight excluding hydrogens is 340 g/mol. The van der Waals surface area contributed by atoms with Crippen LogP contribution in [0.2, 0.25) is 0 Å². The van der Waals surface area contributed by atoms with Gasteiger partial charge < -0.3 is 14.8 Å². The number of hydrogen-bond donors (Lipinski definition) is 1. The molecule has 7 heteroatoms. The third-order valence-corrected chi connectivity index (χ3v) is 6.68. The van der Waals surface area contributed by atoms with Gasteiger partial charge in [-0.15, -0.1) is 10.2 Å². The van der Waals surface area contributed by atoms with Gasteiger partial charge in [-0.3, -0.25) is 4.90 Å². The molecule has 7 nitrogen and oxygen atoms in total. The van der Waals surface area contributed by atoms with Crippen molar-refractivity contribution < 1.29 is 4.79 Å². The lowest BCUT2D eigenvalue weighted by atomic mass is 9.96. The van der Waals surface area contributed by atoms with Crippen LogP contribution in [0.25, 0.3) is 0 Å². The van der Waals surface area contributed by atoms with Crippen LogP contribution in [0.15, 0.2) is 0 Å². The van der Waals surface area contributed by atoms with E-state index >= 15 is 0 Å². The molecule has 150 valence electrons. The molecule has 2 fully saturated rings. The molecule has 0 bridgehead atoms. The van der Waals surface area contributed by atoms with Crippen LogP contribution < -0.4 is 5.32 Å². The molecule has 2 saturated heterocycles. The van der Waals surface area contributed by atoms with Crippen molar-refractivity contribution in [3.8, 4) is 0 Å². The number of hydrogen-bond acceptors (Lipinski definition) is 4. The van der Waals surface area contributed by atoms with E-state index in [1.54, 1.807) is 0 Å². The summed E-state index contributed by atoms with van der Waals surface area (Å²) in [5.74, 6) is 2.77. The smallest absolute Gasteiger partial charge is 0.317 e. The molecule has 1 aromatic rings. The monoisotopic (exact) mass is 374 g/mol. The van der Waals surface area contributed by atoms with Crippen molar-refractivity contribution in [2.45, 2.75) is 76.8 Å². The summed E-state index contributed by atoms with van der Waals surface area (Å²) in [5.41, 5.74) is 0. The SMILES string of the molecule is CCN1CCC[C@H]1CNC(=O)N1CCC(c2nnc3n2CCCCC3)CC1. The van der Waals surface area contributed by atoms with Crippen molar-refractivity contribution in [2.75, 3.05) is 32.7 Å². The predicted molar refractivity (Wildman–Crippen MR) is 105 cm³/mol. The molecule has 0 spiro atoms. The third-order valence-electron chi connectivity index (χ3n) is 6.68. The van der Waals surface area contributed by atoms with Crippen LogP contribution >= 0.6 is 0 Å². The number of likely N-dealkylation sites (tertiary alicyclic amines) is 2. The first-order valence-electron chi connectivity index (χ1n) is 10.9. The lowest BCUT2D eigenvalue weighted by molar-refractivity contribution is 0.174. The highest BCUT2D eigenvalue weighted by Crippen LogP contribution is 2.29. The maximum Gasteiger partial charge on any atom is 0.317 e. The number of amides is 2. The second-order valence-electron chi connectivity index (χ2n) is 8.31. The molecule has 3 aliphatic rings. The zero-order valence-corrected chi connectivity index (χ0v) is 16.7. The second kappa shape index (κ2) is 8.59. The normalized spacial score (nSPS) is 24.6. The number of fused-ring (bicyclic) bond motifs is 1. The number of aromatic nitrogens is 3. The number of rotatable bonds is 4. The van der Waals surface area contributed by atoms with Gasteiger partial charge in [-0.25, -0.2) is 4.79 Å². The molecule has 4 heterocycles. The molecule has 0 aliphatic carbocycles. The minimum atomic E-state index is 0.108. The topological polar surface area (TPSA) is 66.3 Å². The molecule has 0 unspecified atom stereocenters. The number of urea groups is 1. The van der Waals surface area contributed by atoms with E-state index in [1.807, 2.05) is 4.90 Å². The Morgan fingerprint density at radius 2 is 1.89 bits per heavy atom. The molecule has 0 radical (unpaired) electrons. The zero-order valence-electron chi connectivity index (χ0n) is 16.7. The predicted octanol–water partition coefficient (Wildman–Crippen LogP) is 2.38.